The fourth-order valence-electron chi connectivity index (χ4n) is 0.664. The van der Waals surface area contributed by atoms with Crippen molar-refractivity contribution in [3.05, 3.63) is 0 Å². The van der Waals surface area contributed by atoms with Gasteiger partial charge in [-0.3, -0.25) is 0 Å². The van der Waals surface area contributed by atoms with Crippen LogP contribution >= 0.6 is 0 Å². The molecule has 11 heavy (non-hydrogen) atoms. The highest BCUT2D eigenvalue weighted by Crippen LogP contribution is 1.99. The van der Waals surface area contributed by atoms with Crippen LogP contribution in [-0.2, 0) is 9.47 Å². The quantitative estimate of drug-likeness (QED) is 0.549. The second-order valence-corrected chi connectivity index (χ2v) is 2.34. The fourth-order valence-corrected chi connectivity index (χ4v) is 0.664. The van der Waals surface area contributed by atoms with Crippen LogP contribution < -0.4 is 0 Å². The maximum Gasteiger partial charge on any atom is 0.108 e. The van der Waals surface area contributed by atoms with E-state index >= 15 is 0 Å². The Bertz CT molecular complexity index is 89.8. The van der Waals surface area contributed by atoms with E-state index in [-0.39, 0.29) is 18.7 Å². The first-order valence-corrected chi connectivity index (χ1v) is 3.75. The summed E-state index contributed by atoms with van der Waals surface area (Å²) in [7, 11) is 7.05. The van der Waals surface area contributed by atoms with E-state index in [1.807, 2.05) is 6.92 Å². The normalized spacial score (nSPS) is 16.3. The van der Waals surface area contributed by atoms with Crippen molar-refractivity contribution in [1.82, 2.24) is 0 Å². The van der Waals surface area contributed by atoms with Crippen LogP contribution in [0, 0.1) is 0 Å². The molecule has 1 N–H and O–H groups in total. The van der Waals surface area contributed by atoms with E-state index in [1.165, 1.54) is 0 Å². The van der Waals surface area contributed by atoms with E-state index in [0.717, 1.165) is 6.42 Å². The summed E-state index contributed by atoms with van der Waals surface area (Å²) in [6.45, 7) is 2.25. The predicted octanol–water partition coefficient (Wildman–Crippen LogP) is -0.0851. The standard InChI is InChI=1S/C7H15BO3/c1-3-7(8)11-6(4-9)5-10-2/h6-7,9H,3-5H2,1-2H3/t6-,7-/m1/s1. The predicted molar refractivity (Wildman–Crippen MR) is 43.7 cm³/mol. The van der Waals surface area contributed by atoms with Crippen LogP contribution in [0.1, 0.15) is 13.3 Å². The van der Waals surface area contributed by atoms with Gasteiger partial charge in [-0.15, -0.1) is 0 Å². The van der Waals surface area contributed by atoms with E-state index in [9.17, 15) is 0 Å². The lowest BCUT2D eigenvalue weighted by atomic mass is 9.97. The molecular formula is C7H15BO3. The summed E-state index contributed by atoms with van der Waals surface area (Å²) in [6.07, 6.45) is 0.440. The Labute approximate surface area is 69.1 Å². The van der Waals surface area contributed by atoms with Crippen molar-refractivity contribution >= 4 is 7.85 Å². The molecule has 0 bridgehead atoms. The zero-order valence-electron chi connectivity index (χ0n) is 7.12. The molecule has 0 aliphatic carbocycles. The summed E-state index contributed by atoms with van der Waals surface area (Å²) in [5.41, 5.74) is 0. The molecule has 0 saturated heterocycles. The third-order valence-electron chi connectivity index (χ3n) is 1.33. The highest BCUT2D eigenvalue weighted by atomic mass is 16.5. The van der Waals surface area contributed by atoms with E-state index < -0.39 is 0 Å². The zero-order chi connectivity index (χ0) is 8.69. The molecule has 0 amide bonds. The van der Waals surface area contributed by atoms with Gasteiger partial charge < -0.3 is 14.6 Å². The molecule has 0 heterocycles. The molecule has 0 aliphatic heterocycles. The average Bonchev–Trinajstić information content (AvgIpc) is 2.03. The van der Waals surface area contributed by atoms with Gasteiger partial charge in [0.05, 0.1) is 13.2 Å². The average molecular weight is 158 g/mol. The minimum atomic E-state index is -0.303. The fraction of sp³-hybridized carbons (Fsp3) is 1.00. The van der Waals surface area contributed by atoms with E-state index in [2.05, 4.69) is 0 Å². The van der Waals surface area contributed by atoms with E-state index in [4.69, 9.17) is 22.4 Å². The molecule has 0 saturated carbocycles. The molecule has 0 spiro atoms. The van der Waals surface area contributed by atoms with Gasteiger partial charge in [0.25, 0.3) is 0 Å². The van der Waals surface area contributed by atoms with Crippen LogP contribution in [0.3, 0.4) is 0 Å². The molecule has 2 radical (unpaired) electrons. The zero-order valence-corrected chi connectivity index (χ0v) is 7.12. The highest BCUT2D eigenvalue weighted by Gasteiger charge is 2.09. The number of aliphatic hydroxyl groups is 1. The molecule has 0 aromatic heterocycles. The number of hydrogen-bond acceptors (Lipinski definition) is 3. The lowest BCUT2D eigenvalue weighted by Gasteiger charge is -2.19. The Kier molecular flexibility index (Phi) is 6.61. The number of hydrogen-bond donors (Lipinski definition) is 1. The van der Waals surface area contributed by atoms with Crippen LogP contribution in [0.15, 0.2) is 0 Å². The van der Waals surface area contributed by atoms with Crippen LogP contribution in [-0.4, -0.2) is 45.4 Å². The Morgan fingerprint density at radius 1 is 1.55 bits per heavy atom. The molecule has 64 valence electrons. The first kappa shape index (κ1) is 10.9. The van der Waals surface area contributed by atoms with Gasteiger partial charge in [0, 0.05) is 13.1 Å². The molecule has 0 aromatic carbocycles. The number of rotatable bonds is 6. The van der Waals surface area contributed by atoms with Gasteiger partial charge in [0.1, 0.15) is 14.0 Å². The molecule has 4 heteroatoms. The van der Waals surface area contributed by atoms with Crippen molar-refractivity contribution < 1.29 is 14.6 Å². The van der Waals surface area contributed by atoms with Gasteiger partial charge in [-0.2, -0.15) is 0 Å². The third kappa shape index (κ3) is 5.24. The lowest BCUT2D eigenvalue weighted by molar-refractivity contribution is -0.0451. The summed E-state index contributed by atoms with van der Waals surface area (Å²) in [5, 5.41) is 8.74. The lowest BCUT2D eigenvalue weighted by Crippen LogP contribution is -2.28. The van der Waals surface area contributed by atoms with Gasteiger partial charge >= 0.3 is 0 Å². The van der Waals surface area contributed by atoms with E-state index in [1.54, 1.807) is 7.11 Å². The number of aliphatic hydroxyl groups excluding tert-OH is 1. The topological polar surface area (TPSA) is 38.7 Å². The monoisotopic (exact) mass is 158 g/mol. The summed E-state index contributed by atoms with van der Waals surface area (Å²) < 4.78 is 9.99. The smallest absolute Gasteiger partial charge is 0.108 e. The summed E-state index contributed by atoms with van der Waals surface area (Å²) in [6, 6.07) is -0.303. The highest BCUT2D eigenvalue weighted by molar-refractivity contribution is 6.10. The van der Waals surface area contributed by atoms with Crippen molar-refractivity contribution in [2.75, 3.05) is 20.3 Å². The first-order chi connectivity index (χ1) is 5.24. The molecule has 3 nitrogen and oxygen atoms in total. The summed E-state index contributed by atoms with van der Waals surface area (Å²) in [4.78, 5) is 0. The second kappa shape index (κ2) is 6.64. The van der Waals surface area contributed by atoms with Crippen molar-refractivity contribution in [3.63, 3.8) is 0 Å². The molecule has 0 rings (SSSR count). The van der Waals surface area contributed by atoms with Crippen LogP contribution in [0.25, 0.3) is 0 Å². The van der Waals surface area contributed by atoms with Gasteiger partial charge in [-0.25, -0.2) is 0 Å². The molecule has 0 unspecified atom stereocenters. The largest absolute Gasteiger partial charge is 0.394 e. The molecule has 2 atom stereocenters. The van der Waals surface area contributed by atoms with Crippen LogP contribution in [0.5, 0.6) is 0 Å². The number of ether oxygens (including phenoxy) is 2. The van der Waals surface area contributed by atoms with Crippen molar-refractivity contribution in [2.45, 2.75) is 25.5 Å². The Morgan fingerprint density at radius 3 is 2.55 bits per heavy atom. The molecule has 0 aliphatic rings. The Balaban J connectivity index is 3.49. The van der Waals surface area contributed by atoms with Gasteiger partial charge in [0.2, 0.25) is 0 Å². The minimum absolute atomic E-state index is 0.0540. The second-order valence-electron chi connectivity index (χ2n) is 2.34. The molecular weight excluding hydrogens is 143 g/mol. The van der Waals surface area contributed by atoms with E-state index in [0.29, 0.717) is 6.61 Å². The van der Waals surface area contributed by atoms with Crippen LogP contribution in [0.2, 0.25) is 0 Å². The van der Waals surface area contributed by atoms with Gasteiger partial charge in [-0.05, 0) is 6.42 Å². The summed E-state index contributed by atoms with van der Waals surface area (Å²) >= 11 is 0. The van der Waals surface area contributed by atoms with Crippen molar-refractivity contribution in [3.8, 4) is 0 Å². The Hall–Kier alpha value is -0.0551. The Morgan fingerprint density at radius 2 is 2.18 bits per heavy atom. The molecule has 0 aromatic rings. The summed E-state index contributed by atoms with van der Waals surface area (Å²) in [5.74, 6) is 0. The first-order valence-electron chi connectivity index (χ1n) is 3.75. The van der Waals surface area contributed by atoms with Gasteiger partial charge in [-0.1, -0.05) is 6.92 Å². The third-order valence-corrected chi connectivity index (χ3v) is 1.33. The number of methoxy groups -OCH3 is 1. The van der Waals surface area contributed by atoms with Crippen molar-refractivity contribution in [2.24, 2.45) is 0 Å². The molecule has 0 fully saturated rings. The minimum Gasteiger partial charge on any atom is -0.394 e. The van der Waals surface area contributed by atoms with Crippen LogP contribution in [0.4, 0.5) is 0 Å². The van der Waals surface area contributed by atoms with Crippen molar-refractivity contribution in [1.29, 1.82) is 0 Å². The maximum atomic E-state index is 8.74. The maximum absolute atomic E-state index is 8.74. The van der Waals surface area contributed by atoms with Gasteiger partial charge in [0.15, 0.2) is 0 Å². The SMILES string of the molecule is [B][C@@H](CC)O[C@H](CO)COC.